The smallest absolute Gasteiger partial charge is 0.415 e. The number of methoxy groups -OCH3 is 1. The maximum Gasteiger partial charge on any atom is 0.415 e. The van der Waals surface area contributed by atoms with Crippen molar-refractivity contribution in [2.45, 2.75) is 25.0 Å². The summed E-state index contributed by atoms with van der Waals surface area (Å²) in [5, 5.41) is 5.89. The zero-order chi connectivity index (χ0) is 20.7. The van der Waals surface area contributed by atoms with Crippen molar-refractivity contribution in [1.82, 2.24) is 14.7 Å². The third-order valence-corrected chi connectivity index (χ3v) is 6.31. The Hall–Kier alpha value is -3.06. The summed E-state index contributed by atoms with van der Waals surface area (Å²) in [6.07, 6.45) is 1.43. The molecule has 0 saturated carbocycles. The summed E-state index contributed by atoms with van der Waals surface area (Å²) in [5.74, 6) is 0.836. The molecule has 2 aliphatic heterocycles. The van der Waals surface area contributed by atoms with E-state index < -0.39 is 0 Å². The van der Waals surface area contributed by atoms with Gasteiger partial charge in [0.05, 0.1) is 24.9 Å². The van der Waals surface area contributed by atoms with Crippen molar-refractivity contribution in [3.8, 4) is 5.75 Å². The SMILES string of the molecule is COc1ccc2c(CN3CCC4(CC3)CN(c3ccccc3)C(=O)O4)nn(C)c2c1. The number of piperidine rings is 1. The van der Waals surface area contributed by atoms with Crippen LogP contribution in [-0.2, 0) is 18.3 Å². The van der Waals surface area contributed by atoms with Gasteiger partial charge in [-0.3, -0.25) is 14.5 Å². The first-order chi connectivity index (χ1) is 14.6. The van der Waals surface area contributed by atoms with Crippen molar-refractivity contribution in [2.75, 3.05) is 31.6 Å². The summed E-state index contributed by atoms with van der Waals surface area (Å²) in [6, 6.07) is 15.8. The van der Waals surface area contributed by atoms with E-state index in [1.165, 1.54) is 0 Å². The van der Waals surface area contributed by atoms with E-state index in [4.69, 9.17) is 14.6 Å². The van der Waals surface area contributed by atoms with Crippen LogP contribution in [0.15, 0.2) is 48.5 Å². The average Bonchev–Trinajstić information content (AvgIpc) is 3.26. The first-order valence-electron chi connectivity index (χ1n) is 10.3. The minimum atomic E-state index is -0.386. The zero-order valence-corrected chi connectivity index (χ0v) is 17.4. The van der Waals surface area contributed by atoms with E-state index >= 15 is 0 Å². The molecule has 7 nitrogen and oxygen atoms in total. The molecule has 0 atom stereocenters. The number of para-hydroxylation sites is 1. The van der Waals surface area contributed by atoms with Crippen molar-refractivity contribution in [3.63, 3.8) is 0 Å². The first kappa shape index (κ1) is 18.9. The quantitative estimate of drug-likeness (QED) is 0.663. The monoisotopic (exact) mass is 406 g/mol. The molecule has 2 fully saturated rings. The van der Waals surface area contributed by atoms with Gasteiger partial charge in [-0.05, 0) is 24.3 Å². The molecule has 1 aromatic heterocycles. The van der Waals surface area contributed by atoms with Gasteiger partial charge in [-0.25, -0.2) is 4.79 Å². The summed E-state index contributed by atoms with van der Waals surface area (Å²) in [5.41, 5.74) is 2.65. The first-order valence-corrected chi connectivity index (χ1v) is 10.3. The highest BCUT2D eigenvalue weighted by Gasteiger charge is 2.47. The number of nitrogens with zero attached hydrogens (tertiary/aromatic N) is 4. The Balaban J connectivity index is 1.27. The van der Waals surface area contributed by atoms with Crippen LogP contribution in [0.3, 0.4) is 0 Å². The lowest BCUT2D eigenvalue weighted by molar-refractivity contribution is -0.00118. The zero-order valence-electron chi connectivity index (χ0n) is 17.4. The molecule has 3 heterocycles. The lowest BCUT2D eigenvalue weighted by Gasteiger charge is -2.37. The highest BCUT2D eigenvalue weighted by atomic mass is 16.6. The van der Waals surface area contributed by atoms with Gasteiger partial charge in [-0.15, -0.1) is 0 Å². The van der Waals surface area contributed by atoms with Gasteiger partial charge in [0.2, 0.25) is 0 Å². The summed E-state index contributed by atoms with van der Waals surface area (Å²) >= 11 is 0. The number of benzene rings is 2. The molecule has 0 unspecified atom stereocenters. The Morgan fingerprint density at radius 2 is 1.90 bits per heavy atom. The van der Waals surface area contributed by atoms with Crippen molar-refractivity contribution in [2.24, 2.45) is 7.05 Å². The third kappa shape index (κ3) is 3.29. The number of carbonyl (C=O) groups is 1. The maximum atomic E-state index is 12.5. The predicted octanol–water partition coefficient (Wildman–Crippen LogP) is 3.57. The topological polar surface area (TPSA) is 59.8 Å². The van der Waals surface area contributed by atoms with Gasteiger partial charge < -0.3 is 9.47 Å². The summed E-state index contributed by atoms with van der Waals surface area (Å²) < 4.78 is 13.1. The van der Waals surface area contributed by atoms with Crippen LogP contribution in [0.25, 0.3) is 10.9 Å². The number of carbonyl (C=O) groups excluding carboxylic acids is 1. The number of anilines is 1. The van der Waals surface area contributed by atoms with E-state index in [1.807, 2.05) is 54.2 Å². The Morgan fingerprint density at radius 3 is 2.63 bits per heavy atom. The van der Waals surface area contributed by atoms with E-state index in [9.17, 15) is 4.79 Å². The van der Waals surface area contributed by atoms with E-state index in [-0.39, 0.29) is 11.7 Å². The number of aromatic nitrogens is 2. The molecule has 5 rings (SSSR count). The largest absolute Gasteiger partial charge is 0.497 e. The fourth-order valence-electron chi connectivity index (χ4n) is 4.58. The molecule has 7 heteroatoms. The fourth-order valence-corrected chi connectivity index (χ4v) is 4.58. The van der Waals surface area contributed by atoms with Crippen molar-refractivity contribution >= 4 is 22.7 Å². The van der Waals surface area contributed by atoms with Crippen LogP contribution < -0.4 is 9.64 Å². The lowest BCUT2D eigenvalue weighted by atomic mass is 9.91. The molecule has 2 aromatic carbocycles. The molecule has 0 radical (unpaired) electrons. The van der Waals surface area contributed by atoms with Crippen molar-refractivity contribution in [3.05, 3.63) is 54.2 Å². The average molecular weight is 406 g/mol. The van der Waals surface area contributed by atoms with E-state index in [0.29, 0.717) is 6.54 Å². The van der Waals surface area contributed by atoms with Gasteiger partial charge in [-0.2, -0.15) is 5.10 Å². The third-order valence-electron chi connectivity index (χ3n) is 6.31. The standard InChI is InChI=1S/C23H26N4O3/c1-25-21-14-18(29-2)8-9-19(21)20(24-25)15-26-12-10-23(11-13-26)16-27(22(28)30-23)17-6-4-3-5-7-17/h3-9,14H,10-13,15-16H2,1-2H3. The molecule has 2 aliphatic rings. The van der Waals surface area contributed by atoms with Gasteiger partial charge >= 0.3 is 6.09 Å². The van der Waals surface area contributed by atoms with Crippen LogP contribution in [-0.4, -0.2) is 53.1 Å². The van der Waals surface area contributed by atoms with Gasteiger partial charge in [0.1, 0.15) is 11.4 Å². The lowest BCUT2D eigenvalue weighted by Crippen LogP contribution is -2.46. The second kappa shape index (κ2) is 7.32. The van der Waals surface area contributed by atoms with Crippen molar-refractivity contribution < 1.29 is 14.3 Å². The minimum Gasteiger partial charge on any atom is -0.497 e. The number of likely N-dealkylation sites (tertiary alicyclic amines) is 1. The summed E-state index contributed by atoms with van der Waals surface area (Å²) in [4.78, 5) is 16.6. The number of fused-ring (bicyclic) bond motifs is 1. The fraction of sp³-hybridized carbons (Fsp3) is 0.391. The van der Waals surface area contributed by atoms with Crippen molar-refractivity contribution in [1.29, 1.82) is 0 Å². The minimum absolute atomic E-state index is 0.237. The van der Waals surface area contributed by atoms with Crippen LogP contribution in [0.2, 0.25) is 0 Å². The highest BCUT2D eigenvalue weighted by Crippen LogP contribution is 2.36. The summed E-state index contributed by atoms with van der Waals surface area (Å²) in [7, 11) is 3.64. The molecule has 0 bridgehead atoms. The van der Waals surface area contributed by atoms with Gasteiger partial charge in [0.15, 0.2) is 0 Å². The molecule has 30 heavy (non-hydrogen) atoms. The van der Waals surface area contributed by atoms with E-state index in [2.05, 4.69) is 11.0 Å². The molecule has 0 N–H and O–H groups in total. The summed E-state index contributed by atoms with van der Waals surface area (Å²) in [6.45, 7) is 3.17. The number of hydrogen-bond acceptors (Lipinski definition) is 5. The molecular weight excluding hydrogens is 380 g/mol. The van der Waals surface area contributed by atoms with Crippen LogP contribution in [0.4, 0.5) is 10.5 Å². The second-order valence-corrected chi connectivity index (χ2v) is 8.20. The maximum absolute atomic E-state index is 12.5. The van der Waals surface area contributed by atoms with Crippen LogP contribution in [0.5, 0.6) is 5.75 Å². The van der Waals surface area contributed by atoms with Crippen LogP contribution >= 0.6 is 0 Å². The Labute approximate surface area is 175 Å². The molecular formula is C23H26N4O3. The molecule has 156 valence electrons. The number of rotatable bonds is 4. The van der Waals surface area contributed by atoms with E-state index in [1.54, 1.807) is 12.0 Å². The Kier molecular flexibility index (Phi) is 4.62. The number of ether oxygens (including phenoxy) is 2. The van der Waals surface area contributed by atoms with E-state index in [0.717, 1.165) is 60.5 Å². The van der Waals surface area contributed by atoms with Gasteiger partial charge in [-0.1, -0.05) is 18.2 Å². The number of amides is 1. The molecule has 1 spiro atoms. The molecule has 3 aromatic rings. The molecule has 2 saturated heterocycles. The Bertz CT molecular complexity index is 1070. The van der Waals surface area contributed by atoms with Crippen LogP contribution in [0, 0.1) is 0 Å². The Morgan fingerprint density at radius 1 is 1.13 bits per heavy atom. The van der Waals surface area contributed by atoms with Gasteiger partial charge in [0, 0.05) is 56.7 Å². The van der Waals surface area contributed by atoms with Gasteiger partial charge in [0.25, 0.3) is 0 Å². The normalized spacial score (nSPS) is 18.9. The molecule has 1 amide bonds. The molecule has 0 aliphatic carbocycles. The second-order valence-electron chi connectivity index (χ2n) is 8.20. The number of hydrogen-bond donors (Lipinski definition) is 0. The predicted molar refractivity (Wildman–Crippen MR) is 115 cm³/mol. The highest BCUT2D eigenvalue weighted by molar-refractivity contribution is 5.90. The van der Waals surface area contributed by atoms with Crippen LogP contribution in [0.1, 0.15) is 18.5 Å². The number of aryl methyl sites for hydroxylation is 1.